The zero-order chi connectivity index (χ0) is 15.1. The molecule has 1 heterocycles. The number of thiol groups is 1. The molecule has 0 bridgehead atoms. The molecule has 1 saturated heterocycles. The fourth-order valence-corrected chi connectivity index (χ4v) is 3.18. The van der Waals surface area contributed by atoms with E-state index < -0.39 is 0 Å². The minimum absolute atomic E-state index is 0.0737. The second-order valence-electron chi connectivity index (χ2n) is 6.45. The number of nitrogens with zero attached hydrogens (tertiary/aromatic N) is 1. The molecule has 1 aromatic rings. The van der Waals surface area contributed by atoms with E-state index >= 15 is 0 Å². The second-order valence-corrected chi connectivity index (χ2v) is 7.37. The van der Waals surface area contributed by atoms with Gasteiger partial charge in [0.2, 0.25) is 0 Å². The molecular formula is C15H20ClNO2S. The van der Waals surface area contributed by atoms with Crippen LogP contribution in [0.1, 0.15) is 38.1 Å². The standard InChI is InChI=1S/C15H20ClNO2S/c1-14(2)8-17(9-15(3,4)19-14)13(18)11-7-10(20)5-6-12(11)16/h5-7,20H,8-9H2,1-4H3. The zero-order valence-electron chi connectivity index (χ0n) is 12.2. The third-order valence-corrected chi connectivity index (χ3v) is 3.77. The van der Waals surface area contributed by atoms with Crippen LogP contribution in [0.3, 0.4) is 0 Å². The van der Waals surface area contributed by atoms with Crippen LogP contribution in [-0.2, 0) is 4.74 Å². The molecule has 0 N–H and O–H groups in total. The minimum atomic E-state index is -0.373. The first-order chi connectivity index (χ1) is 9.10. The van der Waals surface area contributed by atoms with Gasteiger partial charge in [-0.25, -0.2) is 0 Å². The van der Waals surface area contributed by atoms with E-state index in [9.17, 15) is 4.79 Å². The first kappa shape index (κ1) is 15.7. The van der Waals surface area contributed by atoms with Crippen LogP contribution in [0.25, 0.3) is 0 Å². The Kier molecular flexibility index (Phi) is 4.11. The highest BCUT2D eigenvalue weighted by molar-refractivity contribution is 7.80. The molecule has 0 atom stereocenters. The Morgan fingerprint density at radius 3 is 2.35 bits per heavy atom. The Balaban J connectivity index is 2.31. The van der Waals surface area contributed by atoms with E-state index in [2.05, 4.69) is 12.6 Å². The average molecular weight is 314 g/mol. The van der Waals surface area contributed by atoms with Crippen LogP contribution in [0.5, 0.6) is 0 Å². The lowest BCUT2D eigenvalue weighted by atomic mass is 9.98. The smallest absolute Gasteiger partial charge is 0.255 e. The Bertz CT molecular complexity index is 527. The molecule has 2 rings (SSSR count). The highest BCUT2D eigenvalue weighted by Crippen LogP contribution is 2.30. The molecule has 110 valence electrons. The predicted octanol–water partition coefficient (Wildman–Crippen LogP) is 3.66. The van der Waals surface area contributed by atoms with Gasteiger partial charge >= 0.3 is 0 Å². The molecule has 1 aromatic carbocycles. The Morgan fingerprint density at radius 2 is 1.80 bits per heavy atom. The highest BCUT2D eigenvalue weighted by atomic mass is 35.5. The average Bonchev–Trinajstić information content (AvgIpc) is 2.27. The van der Waals surface area contributed by atoms with Crippen molar-refractivity contribution in [2.45, 2.75) is 43.8 Å². The largest absolute Gasteiger partial charge is 0.366 e. The third-order valence-electron chi connectivity index (χ3n) is 3.16. The molecular weight excluding hydrogens is 294 g/mol. The summed E-state index contributed by atoms with van der Waals surface area (Å²) in [7, 11) is 0. The fourth-order valence-electron chi connectivity index (χ4n) is 2.78. The molecule has 3 nitrogen and oxygen atoms in total. The predicted molar refractivity (Wildman–Crippen MR) is 83.9 cm³/mol. The second kappa shape index (κ2) is 5.24. The normalized spacial score (nSPS) is 20.8. The van der Waals surface area contributed by atoms with Crippen molar-refractivity contribution in [2.24, 2.45) is 0 Å². The van der Waals surface area contributed by atoms with Crippen LogP contribution >= 0.6 is 24.2 Å². The van der Waals surface area contributed by atoms with Crippen molar-refractivity contribution < 1.29 is 9.53 Å². The van der Waals surface area contributed by atoms with Gasteiger partial charge in [-0.1, -0.05) is 11.6 Å². The van der Waals surface area contributed by atoms with E-state index in [1.54, 1.807) is 23.1 Å². The summed E-state index contributed by atoms with van der Waals surface area (Å²) >= 11 is 10.4. The van der Waals surface area contributed by atoms with Gasteiger partial charge < -0.3 is 9.64 Å². The summed E-state index contributed by atoms with van der Waals surface area (Å²) in [5, 5.41) is 0.454. The molecule has 0 radical (unpaired) electrons. The van der Waals surface area contributed by atoms with Gasteiger partial charge in [-0.3, -0.25) is 4.79 Å². The molecule has 0 aromatic heterocycles. The minimum Gasteiger partial charge on any atom is -0.366 e. The van der Waals surface area contributed by atoms with Crippen molar-refractivity contribution in [1.29, 1.82) is 0 Å². The Labute approximate surface area is 130 Å². The van der Waals surface area contributed by atoms with Gasteiger partial charge in [0.25, 0.3) is 5.91 Å². The molecule has 20 heavy (non-hydrogen) atoms. The molecule has 0 saturated carbocycles. The number of amides is 1. The van der Waals surface area contributed by atoms with Crippen LogP contribution in [0.15, 0.2) is 23.1 Å². The Hall–Kier alpha value is -0.710. The van der Waals surface area contributed by atoms with Crippen LogP contribution in [0.4, 0.5) is 0 Å². The van der Waals surface area contributed by atoms with Gasteiger partial charge in [-0.15, -0.1) is 12.6 Å². The van der Waals surface area contributed by atoms with E-state index in [0.29, 0.717) is 23.7 Å². The van der Waals surface area contributed by atoms with Gasteiger partial charge in [-0.05, 0) is 45.9 Å². The number of morpholine rings is 1. The van der Waals surface area contributed by atoms with E-state index in [1.165, 1.54) is 0 Å². The maximum Gasteiger partial charge on any atom is 0.255 e. The number of ether oxygens (including phenoxy) is 1. The van der Waals surface area contributed by atoms with Crippen molar-refractivity contribution in [1.82, 2.24) is 4.90 Å². The SMILES string of the molecule is CC1(C)CN(C(=O)c2cc(S)ccc2Cl)CC(C)(C)O1. The van der Waals surface area contributed by atoms with E-state index in [4.69, 9.17) is 16.3 Å². The number of hydrogen-bond acceptors (Lipinski definition) is 3. The first-order valence-corrected chi connectivity index (χ1v) is 7.40. The molecule has 1 aliphatic rings. The van der Waals surface area contributed by atoms with Crippen molar-refractivity contribution in [2.75, 3.05) is 13.1 Å². The van der Waals surface area contributed by atoms with E-state index in [0.717, 1.165) is 4.90 Å². The van der Waals surface area contributed by atoms with Gasteiger partial charge in [0, 0.05) is 18.0 Å². The number of carbonyl (C=O) groups excluding carboxylic acids is 1. The number of benzene rings is 1. The summed E-state index contributed by atoms with van der Waals surface area (Å²) in [6.07, 6.45) is 0. The topological polar surface area (TPSA) is 29.5 Å². The molecule has 5 heteroatoms. The summed E-state index contributed by atoms with van der Waals surface area (Å²) in [4.78, 5) is 15.2. The molecule has 0 spiro atoms. The highest BCUT2D eigenvalue weighted by Gasteiger charge is 2.40. The number of hydrogen-bond donors (Lipinski definition) is 1. The summed E-state index contributed by atoms with van der Waals surface area (Å²) in [5.74, 6) is -0.0737. The first-order valence-electron chi connectivity index (χ1n) is 6.58. The number of halogens is 1. The maximum absolute atomic E-state index is 12.7. The maximum atomic E-state index is 12.7. The summed E-state index contributed by atoms with van der Waals surface area (Å²) in [6, 6.07) is 5.19. The third kappa shape index (κ3) is 3.48. The van der Waals surface area contributed by atoms with E-state index in [-0.39, 0.29) is 17.1 Å². The lowest BCUT2D eigenvalue weighted by Crippen LogP contribution is -2.58. The summed E-state index contributed by atoms with van der Waals surface area (Å²) in [5.41, 5.74) is -0.252. The van der Waals surface area contributed by atoms with E-state index in [1.807, 2.05) is 27.7 Å². The molecule has 0 aliphatic carbocycles. The molecule has 0 unspecified atom stereocenters. The quantitative estimate of drug-likeness (QED) is 0.802. The monoisotopic (exact) mass is 313 g/mol. The van der Waals surface area contributed by atoms with Crippen molar-refractivity contribution in [3.63, 3.8) is 0 Å². The van der Waals surface area contributed by atoms with Crippen molar-refractivity contribution in [3.05, 3.63) is 28.8 Å². The lowest BCUT2D eigenvalue weighted by Gasteiger charge is -2.47. The summed E-state index contributed by atoms with van der Waals surface area (Å²) in [6.45, 7) is 9.05. The van der Waals surface area contributed by atoms with Crippen molar-refractivity contribution in [3.8, 4) is 0 Å². The number of rotatable bonds is 1. The zero-order valence-corrected chi connectivity index (χ0v) is 13.9. The number of carbonyl (C=O) groups is 1. The van der Waals surface area contributed by atoms with Crippen molar-refractivity contribution >= 4 is 30.1 Å². The lowest BCUT2D eigenvalue weighted by molar-refractivity contribution is -0.171. The molecule has 1 fully saturated rings. The summed E-state index contributed by atoms with van der Waals surface area (Å²) < 4.78 is 5.99. The van der Waals surface area contributed by atoms with Crippen LogP contribution in [0, 0.1) is 0 Å². The van der Waals surface area contributed by atoms with Gasteiger partial charge in [-0.2, -0.15) is 0 Å². The molecule has 1 aliphatic heterocycles. The van der Waals surface area contributed by atoms with Gasteiger partial charge in [0.1, 0.15) is 0 Å². The van der Waals surface area contributed by atoms with Crippen LogP contribution < -0.4 is 0 Å². The van der Waals surface area contributed by atoms with Crippen LogP contribution in [-0.4, -0.2) is 35.1 Å². The van der Waals surface area contributed by atoms with Crippen LogP contribution in [0.2, 0.25) is 5.02 Å². The molecule has 1 amide bonds. The Morgan fingerprint density at radius 1 is 1.25 bits per heavy atom. The van der Waals surface area contributed by atoms with Gasteiger partial charge in [0.15, 0.2) is 0 Å². The fraction of sp³-hybridized carbons (Fsp3) is 0.533. The van der Waals surface area contributed by atoms with Gasteiger partial charge in [0.05, 0.1) is 21.8 Å².